The van der Waals surface area contributed by atoms with Crippen LogP contribution in [0.25, 0.3) is 0 Å². The Morgan fingerprint density at radius 2 is 2.06 bits per heavy atom. The molecule has 18 heavy (non-hydrogen) atoms. The van der Waals surface area contributed by atoms with E-state index in [1.54, 1.807) is 12.1 Å². The van der Waals surface area contributed by atoms with Crippen molar-refractivity contribution in [3.05, 3.63) is 49.4 Å². The smallest absolute Gasteiger partial charge is 0.293 e. The van der Waals surface area contributed by atoms with Crippen molar-refractivity contribution in [2.45, 2.75) is 0 Å². The third kappa shape index (κ3) is 2.85. The molecule has 0 atom stereocenters. The number of anilines is 2. The van der Waals surface area contributed by atoms with Crippen molar-refractivity contribution in [1.29, 1.82) is 0 Å². The lowest BCUT2D eigenvalue weighted by Crippen LogP contribution is -2.00. The van der Waals surface area contributed by atoms with Gasteiger partial charge in [-0.3, -0.25) is 10.1 Å². The minimum Gasteiger partial charge on any atom is -0.332 e. The predicted molar refractivity (Wildman–Crippen MR) is 76.1 cm³/mol. The van der Waals surface area contributed by atoms with Crippen LogP contribution in [0.5, 0.6) is 0 Å². The van der Waals surface area contributed by atoms with Crippen molar-refractivity contribution in [2.75, 3.05) is 5.32 Å². The van der Waals surface area contributed by atoms with Crippen LogP contribution in [0.1, 0.15) is 0 Å². The van der Waals surface area contributed by atoms with Crippen LogP contribution in [0.2, 0.25) is 5.15 Å². The van der Waals surface area contributed by atoms with Gasteiger partial charge in [-0.2, -0.15) is 0 Å². The average Bonchev–Trinajstić information content (AvgIpc) is 2.34. The molecule has 6 nitrogen and oxygen atoms in total. The average molecular weight is 377 g/mol. The molecular formula is C10H6ClIN4O2. The fourth-order valence-corrected chi connectivity index (χ4v) is 1.92. The van der Waals surface area contributed by atoms with Gasteiger partial charge in [0.15, 0.2) is 11.0 Å². The highest BCUT2D eigenvalue weighted by molar-refractivity contribution is 14.1. The van der Waals surface area contributed by atoms with Gasteiger partial charge in [-0.25, -0.2) is 9.97 Å². The summed E-state index contributed by atoms with van der Waals surface area (Å²) in [4.78, 5) is 18.3. The molecular weight excluding hydrogens is 370 g/mol. The van der Waals surface area contributed by atoms with E-state index in [0.29, 0.717) is 5.69 Å². The van der Waals surface area contributed by atoms with Crippen LogP contribution in [0.4, 0.5) is 17.2 Å². The maximum atomic E-state index is 10.9. The van der Waals surface area contributed by atoms with Gasteiger partial charge in [-0.1, -0.05) is 11.6 Å². The van der Waals surface area contributed by atoms with Gasteiger partial charge in [-0.05, 0) is 34.7 Å². The second-order valence-electron chi connectivity index (χ2n) is 3.24. The van der Waals surface area contributed by atoms with Crippen molar-refractivity contribution in [3.63, 3.8) is 0 Å². The molecule has 0 saturated heterocycles. The molecule has 1 heterocycles. The first-order valence-corrected chi connectivity index (χ1v) is 6.21. The molecule has 0 saturated carbocycles. The molecule has 0 bridgehead atoms. The maximum absolute atomic E-state index is 10.9. The van der Waals surface area contributed by atoms with Crippen molar-refractivity contribution >= 4 is 51.4 Å². The second kappa shape index (κ2) is 5.44. The number of nitrogens with zero attached hydrogens (tertiary/aromatic N) is 3. The summed E-state index contributed by atoms with van der Waals surface area (Å²) in [5, 5.41) is 13.9. The van der Waals surface area contributed by atoms with Gasteiger partial charge in [0, 0.05) is 22.0 Å². The molecule has 0 aliphatic rings. The van der Waals surface area contributed by atoms with E-state index in [2.05, 4.69) is 15.3 Å². The van der Waals surface area contributed by atoms with Crippen LogP contribution in [0.3, 0.4) is 0 Å². The Morgan fingerprint density at radius 3 is 2.72 bits per heavy atom. The molecule has 0 unspecified atom stereocenters. The van der Waals surface area contributed by atoms with Gasteiger partial charge in [0.2, 0.25) is 0 Å². The molecule has 0 aliphatic carbocycles. The molecule has 1 aromatic carbocycles. The van der Waals surface area contributed by atoms with E-state index < -0.39 is 4.92 Å². The molecule has 1 aromatic heterocycles. The lowest BCUT2D eigenvalue weighted by Gasteiger charge is -2.07. The summed E-state index contributed by atoms with van der Waals surface area (Å²) in [7, 11) is 0. The number of hydrogen-bond acceptors (Lipinski definition) is 5. The number of hydrogen-bond donors (Lipinski definition) is 1. The van der Waals surface area contributed by atoms with Gasteiger partial charge in [0.25, 0.3) is 5.69 Å². The Balaban J connectivity index is 2.41. The number of nitro benzene ring substituents is 1. The SMILES string of the molecule is O=[N+]([O-])c1cc(I)ccc1Nc1nccnc1Cl. The standard InChI is InChI=1S/C10H6ClIN4O2/c11-9-10(14-4-3-13-9)15-7-2-1-6(12)5-8(7)16(17)18/h1-5H,(H,14,15). The first kappa shape index (κ1) is 13.0. The fraction of sp³-hybridized carbons (Fsp3) is 0. The number of nitro groups is 1. The lowest BCUT2D eigenvalue weighted by atomic mass is 10.2. The molecule has 92 valence electrons. The summed E-state index contributed by atoms with van der Waals surface area (Å²) in [5.74, 6) is 0.281. The fourth-order valence-electron chi connectivity index (χ4n) is 1.29. The molecule has 0 fully saturated rings. The second-order valence-corrected chi connectivity index (χ2v) is 4.84. The summed E-state index contributed by atoms with van der Waals surface area (Å²) in [6, 6.07) is 4.82. The summed E-state index contributed by atoms with van der Waals surface area (Å²) in [6.07, 6.45) is 2.89. The molecule has 0 aliphatic heterocycles. The quantitative estimate of drug-likeness (QED) is 0.504. The Labute approximate surface area is 121 Å². The van der Waals surface area contributed by atoms with Crippen molar-refractivity contribution in [2.24, 2.45) is 0 Å². The molecule has 0 amide bonds. The number of halogens is 2. The van der Waals surface area contributed by atoms with Crippen LogP contribution in [0, 0.1) is 13.7 Å². The van der Waals surface area contributed by atoms with E-state index in [9.17, 15) is 10.1 Å². The van der Waals surface area contributed by atoms with Gasteiger partial charge in [-0.15, -0.1) is 0 Å². The molecule has 8 heteroatoms. The summed E-state index contributed by atoms with van der Waals surface area (Å²) < 4.78 is 0.773. The minimum absolute atomic E-state index is 0.0383. The number of rotatable bonds is 3. The minimum atomic E-state index is -0.464. The number of nitrogens with one attached hydrogen (secondary N) is 1. The first-order valence-electron chi connectivity index (χ1n) is 4.75. The van der Waals surface area contributed by atoms with Crippen LogP contribution < -0.4 is 5.32 Å². The summed E-state index contributed by atoms with van der Waals surface area (Å²) in [5.41, 5.74) is 0.284. The third-order valence-electron chi connectivity index (χ3n) is 2.06. The van der Waals surface area contributed by atoms with Gasteiger partial charge >= 0.3 is 0 Å². The van der Waals surface area contributed by atoms with Crippen molar-refractivity contribution in [1.82, 2.24) is 9.97 Å². The van der Waals surface area contributed by atoms with Gasteiger partial charge in [0.05, 0.1) is 4.92 Å². The van der Waals surface area contributed by atoms with Crippen molar-refractivity contribution in [3.8, 4) is 0 Å². The molecule has 0 radical (unpaired) electrons. The Morgan fingerprint density at radius 1 is 1.33 bits per heavy atom. The highest BCUT2D eigenvalue weighted by atomic mass is 127. The highest BCUT2D eigenvalue weighted by Gasteiger charge is 2.15. The maximum Gasteiger partial charge on any atom is 0.293 e. The largest absolute Gasteiger partial charge is 0.332 e. The van der Waals surface area contributed by atoms with E-state index in [1.807, 2.05) is 22.6 Å². The zero-order valence-electron chi connectivity index (χ0n) is 8.80. The van der Waals surface area contributed by atoms with Crippen LogP contribution in [-0.4, -0.2) is 14.9 Å². The third-order valence-corrected chi connectivity index (χ3v) is 3.01. The van der Waals surface area contributed by atoms with Gasteiger partial charge < -0.3 is 5.32 Å². The monoisotopic (exact) mass is 376 g/mol. The van der Waals surface area contributed by atoms with E-state index >= 15 is 0 Å². The van der Waals surface area contributed by atoms with Crippen LogP contribution >= 0.6 is 34.2 Å². The zero-order valence-corrected chi connectivity index (χ0v) is 11.7. The van der Waals surface area contributed by atoms with Crippen molar-refractivity contribution < 1.29 is 4.92 Å². The summed E-state index contributed by atoms with van der Waals surface area (Å²) >= 11 is 7.84. The van der Waals surface area contributed by atoms with E-state index in [-0.39, 0.29) is 16.7 Å². The molecule has 2 aromatic rings. The van der Waals surface area contributed by atoms with E-state index in [0.717, 1.165) is 3.57 Å². The summed E-state index contributed by atoms with van der Waals surface area (Å²) in [6.45, 7) is 0. The topological polar surface area (TPSA) is 81.0 Å². The highest BCUT2D eigenvalue weighted by Crippen LogP contribution is 2.30. The first-order chi connectivity index (χ1) is 8.58. The zero-order chi connectivity index (χ0) is 13.1. The molecule has 0 spiro atoms. The normalized spacial score (nSPS) is 10.1. The number of aromatic nitrogens is 2. The molecule has 2 rings (SSSR count). The predicted octanol–water partition coefficient (Wildman–Crippen LogP) is 3.39. The number of benzene rings is 1. The molecule has 1 N–H and O–H groups in total. The Hall–Kier alpha value is -1.48. The Bertz CT molecular complexity index is 608. The lowest BCUT2D eigenvalue weighted by molar-refractivity contribution is -0.384. The van der Waals surface area contributed by atoms with Crippen LogP contribution in [-0.2, 0) is 0 Å². The van der Waals surface area contributed by atoms with E-state index in [1.165, 1.54) is 18.5 Å². The Kier molecular flexibility index (Phi) is 3.92. The van der Waals surface area contributed by atoms with Gasteiger partial charge in [0.1, 0.15) is 5.69 Å². The van der Waals surface area contributed by atoms with E-state index in [4.69, 9.17) is 11.6 Å². The van der Waals surface area contributed by atoms with Crippen LogP contribution in [0.15, 0.2) is 30.6 Å².